The summed E-state index contributed by atoms with van der Waals surface area (Å²) in [5, 5.41) is 3.66. The van der Waals surface area contributed by atoms with Crippen LogP contribution in [-0.2, 0) is 14.8 Å². The number of pyridine rings is 1. The number of piperazine rings is 1. The van der Waals surface area contributed by atoms with E-state index in [-0.39, 0.29) is 22.4 Å². The number of rotatable bonds is 10. The van der Waals surface area contributed by atoms with Gasteiger partial charge in [0.2, 0.25) is 15.9 Å². The minimum Gasteiger partial charge on any atom is -0.476 e. The highest BCUT2D eigenvalue weighted by Gasteiger charge is 2.41. The molecule has 1 atom stereocenters. The summed E-state index contributed by atoms with van der Waals surface area (Å²) in [5.41, 5.74) is 0.986. The second kappa shape index (κ2) is 11.2. The van der Waals surface area contributed by atoms with Crippen molar-refractivity contribution in [2.45, 2.75) is 38.1 Å². The molecule has 1 fully saturated rings. The second-order valence-electron chi connectivity index (χ2n) is 8.62. The summed E-state index contributed by atoms with van der Waals surface area (Å²) in [5.74, 6) is 0.237. The maximum atomic E-state index is 13.6. The lowest BCUT2D eigenvalue weighted by atomic mass is 10.1. The highest BCUT2D eigenvalue weighted by atomic mass is 32.2. The maximum Gasteiger partial charge on any atom is 0.276 e. The van der Waals surface area contributed by atoms with Gasteiger partial charge < -0.3 is 19.4 Å². The molecule has 0 radical (unpaired) electrons. The van der Waals surface area contributed by atoms with Crippen molar-refractivity contribution in [2.75, 3.05) is 64.6 Å². The number of nitrogens with one attached hydrogen (secondary N) is 1. The van der Waals surface area contributed by atoms with Gasteiger partial charge in [0.15, 0.2) is 0 Å². The Bertz CT molecular complexity index is 1210. The zero-order valence-corrected chi connectivity index (χ0v) is 22.1. The number of ether oxygens (including phenoxy) is 2. The van der Waals surface area contributed by atoms with Crippen LogP contribution in [-0.4, -0.2) is 97.2 Å². The van der Waals surface area contributed by atoms with Gasteiger partial charge in [0.25, 0.3) is 5.56 Å². The van der Waals surface area contributed by atoms with E-state index < -0.39 is 10.0 Å². The molecule has 0 aliphatic carbocycles. The van der Waals surface area contributed by atoms with E-state index in [0.717, 1.165) is 6.54 Å². The molecule has 2 aromatic rings. The topological polar surface area (TPSA) is 124 Å². The van der Waals surface area contributed by atoms with E-state index >= 15 is 0 Å². The molecule has 1 unspecified atom stereocenters. The van der Waals surface area contributed by atoms with Crippen molar-refractivity contribution in [2.24, 2.45) is 0 Å². The number of methoxy groups -OCH3 is 1. The second-order valence-corrected chi connectivity index (χ2v) is 10.6. The number of likely N-dealkylation sites (N-methyl/N-ethyl adjacent to an activating group) is 1. The zero-order valence-electron chi connectivity index (χ0n) is 21.3. The predicted molar refractivity (Wildman–Crippen MR) is 135 cm³/mol. The van der Waals surface area contributed by atoms with Crippen molar-refractivity contribution >= 4 is 21.4 Å². The number of hydrazine groups is 1. The van der Waals surface area contributed by atoms with Gasteiger partial charge in [-0.05, 0) is 26.0 Å². The fourth-order valence-electron chi connectivity index (χ4n) is 4.77. The van der Waals surface area contributed by atoms with Gasteiger partial charge in [-0.1, -0.05) is 13.8 Å². The predicted octanol–water partition coefficient (Wildman–Crippen LogP) is 1.36. The minimum absolute atomic E-state index is 0.0550. The van der Waals surface area contributed by atoms with Crippen molar-refractivity contribution in [3.8, 4) is 5.88 Å². The molecule has 2 aliphatic rings. The average Bonchev–Trinajstić information content (AvgIpc) is 3.22. The largest absolute Gasteiger partial charge is 0.476 e. The van der Waals surface area contributed by atoms with Crippen LogP contribution >= 0.6 is 0 Å². The monoisotopic (exact) mass is 521 g/mol. The number of H-pyrrole nitrogens is 1. The Hall–Kier alpha value is -2.58. The highest BCUT2D eigenvalue weighted by molar-refractivity contribution is 7.89. The molecule has 36 heavy (non-hydrogen) atoms. The van der Waals surface area contributed by atoms with E-state index in [2.05, 4.69) is 26.8 Å². The first-order valence-electron chi connectivity index (χ1n) is 12.4. The molecule has 0 spiro atoms. The molecule has 198 valence electrons. The van der Waals surface area contributed by atoms with Crippen LogP contribution in [0.25, 0.3) is 0 Å². The molecule has 1 saturated heterocycles. The first-order valence-corrected chi connectivity index (χ1v) is 13.8. The number of hydrogen-bond acceptors (Lipinski definition) is 10. The first-order chi connectivity index (χ1) is 17.4. The summed E-state index contributed by atoms with van der Waals surface area (Å²) in [6.45, 7) is 10.1. The van der Waals surface area contributed by atoms with Crippen LogP contribution in [0.5, 0.6) is 5.88 Å². The number of fused-ring (bicyclic) bond motifs is 1. The quantitative estimate of drug-likeness (QED) is 0.490. The Labute approximate surface area is 211 Å². The van der Waals surface area contributed by atoms with Gasteiger partial charge in [-0.25, -0.2) is 23.4 Å². The lowest BCUT2D eigenvalue weighted by Crippen LogP contribution is -2.48. The van der Waals surface area contributed by atoms with Crippen LogP contribution in [0, 0.1) is 0 Å². The number of sulfonamides is 1. The normalized spacial score (nSPS) is 19.6. The summed E-state index contributed by atoms with van der Waals surface area (Å²) in [6.07, 6.45) is 3.40. The molecule has 0 aromatic carbocycles. The first kappa shape index (κ1) is 26.5. The SMILES string of the molecule is CCOc1ncc(S(=O)(=O)N2CCN(CC)CC2)cc1N1c2c(nc[nH]c2=O)C(CC)N1CCOC. The van der Waals surface area contributed by atoms with E-state index in [4.69, 9.17) is 9.47 Å². The Morgan fingerprint density at radius 1 is 1.14 bits per heavy atom. The molecule has 0 saturated carbocycles. The lowest BCUT2D eigenvalue weighted by molar-refractivity contribution is 0.125. The fraction of sp³-hybridized carbons (Fsp3) is 0.609. The Balaban J connectivity index is 1.83. The number of nitrogens with zero attached hydrogens (tertiary/aromatic N) is 6. The van der Waals surface area contributed by atoms with Crippen molar-refractivity contribution in [1.82, 2.24) is 29.2 Å². The van der Waals surface area contributed by atoms with E-state index in [1.165, 1.54) is 16.8 Å². The number of hydrogen-bond donors (Lipinski definition) is 1. The summed E-state index contributed by atoms with van der Waals surface area (Å²) in [4.78, 5) is 26.8. The molecule has 0 bridgehead atoms. The lowest BCUT2D eigenvalue weighted by Gasteiger charge is -2.34. The van der Waals surface area contributed by atoms with Gasteiger partial charge in [-0.15, -0.1) is 0 Å². The molecule has 4 rings (SSSR count). The third-order valence-electron chi connectivity index (χ3n) is 6.64. The fourth-order valence-corrected chi connectivity index (χ4v) is 6.15. The molecule has 2 aromatic heterocycles. The van der Waals surface area contributed by atoms with Gasteiger partial charge in [0, 0.05) is 39.8 Å². The van der Waals surface area contributed by atoms with Gasteiger partial charge in [-0.2, -0.15) is 4.31 Å². The van der Waals surface area contributed by atoms with Crippen molar-refractivity contribution < 1.29 is 17.9 Å². The van der Waals surface area contributed by atoms with Crippen molar-refractivity contribution in [3.05, 3.63) is 34.6 Å². The summed E-state index contributed by atoms with van der Waals surface area (Å²) in [7, 11) is -2.19. The van der Waals surface area contributed by atoms with E-state index in [1.54, 1.807) is 18.2 Å². The summed E-state index contributed by atoms with van der Waals surface area (Å²) >= 11 is 0. The van der Waals surface area contributed by atoms with E-state index in [9.17, 15) is 13.2 Å². The van der Waals surface area contributed by atoms with Gasteiger partial charge >= 0.3 is 0 Å². The molecule has 1 N–H and O–H groups in total. The van der Waals surface area contributed by atoms with E-state index in [1.807, 2.05) is 18.9 Å². The molecule has 13 heteroatoms. The Kier molecular flexibility index (Phi) is 8.25. The molecule has 0 amide bonds. The third kappa shape index (κ3) is 4.85. The molecular formula is C23H35N7O5S. The number of anilines is 2. The van der Waals surface area contributed by atoms with Gasteiger partial charge in [0.1, 0.15) is 16.3 Å². The molecular weight excluding hydrogens is 486 g/mol. The van der Waals surface area contributed by atoms with Crippen LogP contribution in [0.2, 0.25) is 0 Å². The van der Waals surface area contributed by atoms with Crippen molar-refractivity contribution in [3.63, 3.8) is 0 Å². The van der Waals surface area contributed by atoms with Gasteiger partial charge in [0.05, 0.1) is 37.5 Å². The standard InChI is InChI=1S/C23H35N7O5S/c1-5-18-20-21(22(31)26-16-25-20)30(29(18)12-13-34-4)19-14-17(15-24-23(19)35-7-3)36(32,33)28-10-8-27(6-2)9-11-28/h14-16,18H,5-13H2,1-4H3,(H,25,26,31). The van der Waals surface area contributed by atoms with E-state index in [0.29, 0.717) is 69.4 Å². The van der Waals surface area contributed by atoms with Crippen LogP contribution in [0.3, 0.4) is 0 Å². The van der Waals surface area contributed by atoms with Crippen LogP contribution in [0.4, 0.5) is 11.4 Å². The van der Waals surface area contributed by atoms with Gasteiger partial charge in [-0.3, -0.25) is 9.80 Å². The smallest absolute Gasteiger partial charge is 0.276 e. The van der Waals surface area contributed by atoms with Crippen LogP contribution in [0.1, 0.15) is 38.9 Å². The number of aromatic nitrogens is 3. The van der Waals surface area contributed by atoms with Crippen molar-refractivity contribution in [1.29, 1.82) is 0 Å². The summed E-state index contributed by atoms with van der Waals surface area (Å²) < 4.78 is 39.8. The third-order valence-corrected chi connectivity index (χ3v) is 8.51. The molecule has 12 nitrogen and oxygen atoms in total. The highest BCUT2D eigenvalue weighted by Crippen LogP contribution is 2.45. The molecule has 4 heterocycles. The maximum absolute atomic E-state index is 13.6. The Morgan fingerprint density at radius 3 is 2.53 bits per heavy atom. The van der Waals surface area contributed by atoms with Crippen LogP contribution in [0.15, 0.2) is 28.3 Å². The zero-order chi connectivity index (χ0) is 25.9. The Morgan fingerprint density at radius 2 is 1.89 bits per heavy atom. The summed E-state index contributed by atoms with van der Waals surface area (Å²) in [6, 6.07) is 1.35. The number of aromatic amines is 1. The minimum atomic E-state index is -3.80. The average molecular weight is 522 g/mol. The van der Waals surface area contributed by atoms with Crippen LogP contribution < -0.4 is 15.3 Å². The molecule has 2 aliphatic heterocycles.